The minimum Gasteiger partial charge on any atom is -0.448 e. The van der Waals surface area contributed by atoms with Crippen molar-refractivity contribution in [1.29, 1.82) is 0 Å². The van der Waals surface area contributed by atoms with Crippen LogP contribution in [-0.2, 0) is 19.6 Å². The number of esters is 2. The highest BCUT2D eigenvalue weighted by molar-refractivity contribution is 9.10. The Hall–Kier alpha value is -1.66. The zero-order valence-electron chi connectivity index (χ0n) is 13.4. The second kappa shape index (κ2) is 7.92. The number of ether oxygens (including phenoxy) is 2. The van der Waals surface area contributed by atoms with Gasteiger partial charge in [0.2, 0.25) is 6.10 Å². The first-order valence-electron chi connectivity index (χ1n) is 6.84. The summed E-state index contributed by atoms with van der Waals surface area (Å²) in [5.41, 5.74) is -0.410. The van der Waals surface area contributed by atoms with Crippen molar-refractivity contribution in [2.24, 2.45) is 0 Å². The molecule has 0 amide bonds. The SMILES string of the molecule is CC(C)(Br)C(=O)Oc1cccc(C(=O)OC(CS(=O)(=O)O)C(F)(F)F)c1. The Labute approximate surface area is 155 Å². The number of rotatable bonds is 6. The molecule has 26 heavy (non-hydrogen) atoms. The van der Waals surface area contributed by atoms with E-state index in [9.17, 15) is 31.2 Å². The van der Waals surface area contributed by atoms with Crippen molar-refractivity contribution in [2.45, 2.75) is 30.5 Å². The molecular formula is C14H14BrF3O7S. The number of halogens is 4. The highest BCUT2D eigenvalue weighted by Gasteiger charge is 2.45. The molecular weight excluding hydrogens is 449 g/mol. The summed E-state index contributed by atoms with van der Waals surface area (Å²) in [6.07, 6.45) is -8.27. The van der Waals surface area contributed by atoms with Crippen LogP contribution in [0.3, 0.4) is 0 Å². The Bertz CT molecular complexity index is 784. The van der Waals surface area contributed by atoms with Crippen molar-refractivity contribution in [3.63, 3.8) is 0 Å². The monoisotopic (exact) mass is 462 g/mol. The molecule has 0 saturated heterocycles. The van der Waals surface area contributed by atoms with Crippen LogP contribution in [0.4, 0.5) is 13.2 Å². The molecule has 0 aliphatic rings. The van der Waals surface area contributed by atoms with Gasteiger partial charge in [0.1, 0.15) is 15.8 Å². The molecule has 0 radical (unpaired) electrons. The van der Waals surface area contributed by atoms with Gasteiger partial charge in [0.05, 0.1) is 5.56 Å². The Morgan fingerprint density at radius 1 is 1.27 bits per heavy atom. The van der Waals surface area contributed by atoms with E-state index < -0.39 is 50.0 Å². The van der Waals surface area contributed by atoms with Crippen LogP contribution in [-0.4, -0.2) is 47.3 Å². The van der Waals surface area contributed by atoms with E-state index in [1.807, 2.05) is 0 Å². The number of carbonyl (C=O) groups excluding carboxylic acids is 2. The molecule has 0 bridgehead atoms. The summed E-state index contributed by atoms with van der Waals surface area (Å²) in [7, 11) is -5.05. The Morgan fingerprint density at radius 3 is 2.31 bits per heavy atom. The summed E-state index contributed by atoms with van der Waals surface area (Å²) in [6, 6.07) is 4.55. The predicted molar refractivity (Wildman–Crippen MR) is 86.8 cm³/mol. The van der Waals surface area contributed by atoms with Gasteiger partial charge >= 0.3 is 18.1 Å². The molecule has 0 heterocycles. The summed E-state index contributed by atoms with van der Waals surface area (Å²) < 4.78 is 76.4. The van der Waals surface area contributed by atoms with Gasteiger partial charge in [-0.15, -0.1) is 0 Å². The first-order valence-corrected chi connectivity index (χ1v) is 9.24. The summed E-state index contributed by atoms with van der Waals surface area (Å²) in [4.78, 5) is 23.6. The van der Waals surface area contributed by atoms with Gasteiger partial charge < -0.3 is 9.47 Å². The lowest BCUT2D eigenvalue weighted by Crippen LogP contribution is -2.39. The molecule has 0 fully saturated rings. The fraction of sp³-hybridized carbons (Fsp3) is 0.429. The average molecular weight is 463 g/mol. The van der Waals surface area contributed by atoms with Crippen LogP contribution >= 0.6 is 15.9 Å². The molecule has 1 aromatic rings. The third-order valence-corrected chi connectivity index (χ3v) is 3.79. The normalized spacial score (nSPS) is 13.8. The van der Waals surface area contributed by atoms with Gasteiger partial charge in [0.15, 0.2) is 0 Å². The Kier molecular flexibility index (Phi) is 6.82. The summed E-state index contributed by atoms with van der Waals surface area (Å²) >= 11 is 3.06. The zero-order chi connectivity index (χ0) is 20.3. The maximum atomic E-state index is 12.8. The second-order valence-electron chi connectivity index (χ2n) is 5.57. The molecule has 146 valence electrons. The maximum Gasteiger partial charge on any atom is 0.426 e. The van der Waals surface area contributed by atoms with E-state index in [4.69, 9.17) is 9.29 Å². The second-order valence-corrected chi connectivity index (χ2v) is 9.05. The van der Waals surface area contributed by atoms with Crippen molar-refractivity contribution in [1.82, 2.24) is 0 Å². The number of carbonyl (C=O) groups is 2. The van der Waals surface area contributed by atoms with Gasteiger partial charge in [0, 0.05) is 0 Å². The molecule has 1 rings (SSSR count). The van der Waals surface area contributed by atoms with Gasteiger partial charge in [-0.25, -0.2) is 4.79 Å². The van der Waals surface area contributed by atoms with Crippen LogP contribution in [0.2, 0.25) is 0 Å². The van der Waals surface area contributed by atoms with E-state index in [0.29, 0.717) is 0 Å². The molecule has 0 aliphatic heterocycles. The fourth-order valence-corrected chi connectivity index (χ4v) is 2.22. The number of hydrogen-bond donors (Lipinski definition) is 1. The third kappa shape index (κ3) is 7.30. The Morgan fingerprint density at radius 2 is 1.85 bits per heavy atom. The molecule has 1 N–H and O–H groups in total. The number of hydrogen-bond acceptors (Lipinski definition) is 6. The molecule has 0 aromatic heterocycles. The van der Waals surface area contributed by atoms with Gasteiger partial charge in [0.25, 0.3) is 10.1 Å². The Balaban J connectivity index is 2.99. The molecule has 12 heteroatoms. The molecule has 7 nitrogen and oxygen atoms in total. The van der Waals surface area contributed by atoms with Crippen molar-refractivity contribution in [3.05, 3.63) is 29.8 Å². The van der Waals surface area contributed by atoms with E-state index in [1.54, 1.807) is 0 Å². The molecule has 0 saturated carbocycles. The van der Waals surface area contributed by atoms with Crippen LogP contribution in [0.1, 0.15) is 24.2 Å². The van der Waals surface area contributed by atoms with Gasteiger partial charge in [-0.2, -0.15) is 21.6 Å². The zero-order valence-corrected chi connectivity index (χ0v) is 15.8. The molecule has 1 aromatic carbocycles. The van der Waals surface area contributed by atoms with Crippen LogP contribution < -0.4 is 4.74 Å². The topological polar surface area (TPSA) is 107 Å². The van der Waals surface area contributed by atoms with Crippen molar-refractivity contribution < 1.29 is 45.2 Å². The van der Waals surface area contributed by atoms with Crippen molar-refractivity contribution in [2.75, 3.05) is 5.75 Å². The first kappa shape index (κ1) is 22.4. The van der Waals surface area contributed by atoms with E-state index in [0.717, 1.165) is 12.1 Å². The third-order valence-electron chi connectivity index (χ3n) is 2.74. The minimum absolute atomic E-state index is 0.129. The highest BCUT2D eigenvalue weighted by atomic mass is 79.9. The highest BCUT2D eigenvalue weighted by Crippen LogP contribution is 2.26. The summed E-state index contributed by atoms with van der Waals surface area (Å²) in [6.45, 7) is 2.99. The van der Waals surface area contributed by atoms with Crippen molar-refractivity contribution >= 4 is 38.0 Å². The molecule has 0 spiro atoms. The number of alkyl halides is 4. The minimum atomic E-state index is -5.21. The van der Waals surface area contributed by atoms with E-state index >= 15 is 0 Å². The largest absolute Gasteiger partial charge is 0.448 e. The quantitative estimate of drug-likeness (QED) is 0.299. The fourth-order valence-electron chi connectivity index (χ4n) is 1.50. The van der Waals surface area contributed by atoms with Crippen LogP contribution in [0.25, 0.3) is 0 Å². The van der Waals surface area contributed by atoms with E-state index in [-0.39, 0.29) is 5.75 Å². The summed E-state index contributed by atoms with van der Waals surface area (Å²) in [5, 5.41) is 0. The van der Waals surface area contributed by atoms with Gasteiger partial charge in [-0.1, -0.05) is 22.0 Å². The average Bonchev–Trinajstić information content (AvgIpc) is 2.43. The van der Waals surface area contributed by atoms with Gasteiger partial charge in [-0.3, -0.25) is 9.35 Å². The molecule has 0 aliphatic carbocycles. The van der Waals surface area contributed by atoms with E-state index in [1.165, 1.54) is 26.0 Å². The molecule has 1 atom stereocenters. The lowest BCUT2D eigenvalue weighted by Gasteiger charge is -2.19. The lowest BCUT2D eigenvalue weighted by atomic mass is 10.2. The van der Waals surface area contributed by atoms with Gasteiger partial charge in [-0.05, 0) is 32.0 Å². The van der Waals surface area contributed by atoms with Crippen LogP contribution in [0.15, 0.2) is 24.3 Å². The van der Waals surface area contributed by atoms with E-state index in [2.05, 4.69) is 20.7 Å². The lowest BCUT2D eigenvalue weighted by molar-refractivity contribution is -0.197. The van der Waals surface area contributed by atoms with Crippen LogP contribution in [0.5, 0.6) is 5.75 Å². The smallest absolute Gasteiger partial charge is 0.426 e. The van der Waals surface area contributed by atoms with Crippen molar-refractivity contribution in [3.8, 4) is 5.75 Å². The number of benzene rings is 1. The summed E-state index contributed by atoms with van der Waals surface area (Å²) in [5.74, 6) is -4.20. The standard InChI is InChI=1S/C14H14BrF3O7S/c1-13(2,15)12(20)24-9-5-3-4-8(6-9)11(19)25-10(14(16,17)18)7-26(21,22)23/h3-6,10H,7H2,1-2H3,(H,21,22,23). The van der Waals surface area contributed by atoms with Crippen LogP contribution in [0, 0.1) is 0 Å². The maximum absolute atomic E-state index is 12.8. The predicted octanol–water partition coefficient (Wildman–Crippen LogP) is 2.74. The molecule has 1 unspecified atom stereocenters. The first-order chi connectivity index (χ1) is 11.6.